The van der Waals surface area contributed by atoms with E-state index in [9.17, 15) is 19.7 Å². The Morgan fingerprint density at radius 3 is 2.35 bits per heavy atom. The molecular weight excluding hydrogens is 268 g/mol. The first kappa shape index (κ1) is 9.54. The summed E-state index contributed by atoms with van der Waals surface area (Å²) in [4.78, 5) is 38.8. The number of hydrogen-bond donors (Lipinski definition) is 0. The molecule has 20 heavy (non-hydrogen) atoms. The number of carbonyl (C=O) groups excluding carboxylic acids is 2. The van der Waals surface area contributed by atoms with E-state index in [1.165, 1.54) is 0 Å². The van der Waals surface area contributed by atoms with Gasteiger partial charge in [-0.25, -0.2) is 19.8 Å². The Balaban J connectivity index is 1.57. The van der Waals surface area contributed by atoms with Crippen molar-refractivity contribution in [1.82, 2.24) is 9.91 Å². The van der Waals surface area contributed by atoms with Crippen LogP contribution in [0.1, 0.15) is 0 Å². The fraction of sp³-hybridized carbons (Fsp3) is 0.800. The standard InChI is InChI=1S/C10H6N6O4/c11-13-12-7(17)14-8(18)15(16(19)20)10-5-2-1-3(5)9(10,14)4(1)6(2)10/h1-6H. The zero-order valence-electron chi connectivity index (χ0n) is 9.78. The molecule has 1 saturated heterocycles. The second-order valence-corrected chi connectivity index (χ2v) is 6.55. The van der Waals surface area contributed by atoms with Crippen molar-refractivity contribution in [3.05, 3.63) is 20.6 Å². The number of azide groups is 1. The summed E-state index contributed by atoms with van der Waals surface area (Å²) in [6.07, 6.45) is 0. The first-order chi connectivity index (χ1) is 9.57. The lowest BCUT2D eigenvalue weighted by Gasteiger charge is -3.08. The molecule has 1 aliphatic heterocycles. The maximum absolute atomic E-state index is 12.3. The molecule has 6 aliphatic carbocycles. The van der Waals surface area contributed by atoms with Gasteiger partial charge in [0.15, 0.2) is 5.03 Å². The summed E-state index contributed by atoms with van der Waals surface area (Å²) in [5.74, 6) is 1.83. The van der Waals surface area contributed by atoms with Gasteiger partial charge in [-0.2, -0.15) is 0 Å². The molecule has 7 aliphatic rings. The second kappa shape index (κ2) is 2.05. The summed E-state index contributed by atoms with van der Waals surface area (Å²) in [6.45, 7) is 0. The van der Waals surface area contributed by atoms with Crippen LogP contribution in [-0.2, 0) is 0 Å². The predicted octanol–water partition coefficient (Wildman–Crippen LogP) is 0.589. The Bertz CT molecular complexity index is 722. The quantitative estimate of drug-likeness (QED) is 0.227. The fourth-order valence-corrected chi connectivity index (χ4v) is 7.29. The van der Waals surface area contributed by atoms with Crippen LogP contribution >= 0.6 is 0 Å². The molecule has 10 heteroatoms. The number of hydrazine groups is 1. The molecule has 4 amide bonds. The molecular formula is C10H6N6O4. The third-order valence-electron chi connectivity index (χ3n) is 7.13. The van der Waals surface area contributed by atoms with Crippen molar-refractivity contribution >= 4 is 12.1 Å². The largest absolute Gasteiger partial charge is 0.386 e. The van der Waals surface area contributed by atoms with Crippen molar-refractivity contribution in [3.8, 4) is 0 Å². The van der Waals surface area contributed by atoms with Gasteiger partial charge in [-0.15, -0.1) is 0 Å². The number of imide groups is 1. The van der Waals surface area contributed by atoms with E-state index in [1.54, 1.807) is 0 Å². The Kier molecular flexibility index (Phi) is 0.975. The lowest BCUT2D eigenvalue weighted by atomic mass is 8.96. The van der Waals surface area contributed by atoms with Crippen LogP contribution in [0.25, 0.3) is 10.4 Å². The molecule has 10 nitrogen and oxygen atoms in total. The van der Waals surface area contributed by atoms with E-state index in [-0.39, 0.29) is 23.7 Å². The SMILES string of the molecule is [N-]=[N+]=NC(=O)N1C(=O)N([N+](=O)[O-])C23C4C5C6C4C12C6C53. The highest BCUT2D eigenvalue weighted by Gasteiger charge is 3.18. The molecule has 0 aromatic rings. The van der Waals surface area contributed by atoms with Crippen molar-refractivity contribution in [2.24, 2.45) is 40.6 Å². The molecule has 100 valence electrons. The van der Waals surface area contributed by atoms with Crippen molar-refractivity contribution in [2.75, 3.05) is 0 Å². The fourth-order valence-electron chi connectivity index (χ4n) is 7.29. The Labute approximate surface area is 110 Å². The van der Waals surface area contributed by atoms with Crippen molar-refractivity contribution in [3.63, 3.8) is 0 Å². The monoisotopic (exact) mass is 274 g/mol. The van der Waals surface area contributed by atoms with Gasteiger partial charge in [-0.05, 0) is 34.2 Å². The molecule has 0 radical (unpaired) electrons. The molecule has 4 unspecified atom stereocenters. The van der Waals surface area contributed by atoms with Crippen molar-refractivity contribution in [2.45, 2.75) is 11.1 Å². The Morgan fingerprint density at radius 1 is 1.30 bits per heavy atom. The van der Waals surface area contributed by atoms with Gasteiger partial charge in [0.2, 0.25) is 0 Å². The number of urea groups is 2. The van der Waals surface area contributed by atoms with Gasteiger partial charge < -0.3 is 0 Å². The first-order valence-corrected chi connectivity index (χ1v) is 6.45. The highest BCUT2D eigenvalue weighted by Crippen LogP contribution is 3.06. The smallest absolute Gasteiger partial charge is 0.267 e. The topological polar surface area (TPSA) is 133 Å². The van der Waals surface area contributed by atoms with Crippen LogP contribution in [0.4, 0.5) is 9.59 Å². The number of nitrogens with zero attached hydrogens (tertiary/aromatic N) is 6. The third-order valence-corrected chi connectivity index (χ3v) is 7.13. The highest BCUT2D eigenvalue weighted by atomic mass is 16.7. The minimum Gasteiger partial charge on any atom is -0.267 e. The zero-order chi connectivity index (χ0) is 13.8. The van der Waals surface area contributed by atoms with Gasteiger partial charge in [0.1, 0.15) is 5.54 Å². The molecule has 0 bridgehead atoms. The lowest BCUT2D eigenvalue weighted by molar-refractivity contribution is -0.727. The number of carbonyl (C=O) groups is 2. The number of nitro groups is 1. The minimum atomic E-state index is -1.00. The summed E-state index contributed by atoms with van der Waals surface area (Å²) in [6, 6.07) is -1.93. The summed E-state index contributed by atoms with van der Waals surface area (Å²) in [5.41, 5.74) is 6.89. The van der Waals surface area contributed by atoms with E-state index < -0.39 is 28.2 Å². The molecule has 0 aromatic carbocycles. The Hall–Kier alpha value is -2.35. The van der Waals surface area contributed by atoms with Crippen LogP contribution < -0.4 is 0 Å². The summed E-state index contributed by atoms with van der Waals surface area (Å²) in [7, 11) is 0. The van der Waals surface area contributed by atoms with E-state index in [1.807, 2.05) is 0 Å². The second-order valence-electron chi connectivity index (χ2n) is 6.55. The molecule has 6 saturated carbocycles. The average molecular weight is 274 g/mol. The summed E-state index contributed by atoms with van der Waals surface area (Å²) < 4.78 is 0. The van der Waals surface area contributed by atoms with Gasteiger partial charge in [0, 0.05) is 21.9 Å². The van der Waals surface area contributed by atoms with Crippen molar-refractivity contribution < 1.29 is 14.6 Å². The van der Waals surface area contributed by atoms with Gasteiger partial charge in [-0.3, -0.25) is 4.79 Å². The maximum atomic E-state index is 12.3. The highest BCUT2D eigenvalue weighted by molar-refractivity contribution is 6.01. The predicted molar refractivity (Wildman–Crippen MR) is 57.0 cm³/mol. The first-order valence-electron chi connectivity index (χ1n) is 6.45. The van der Waals surface area contributed by atoms with Crippen LogP contribution in [0.2, 0.25) is 0 Å². The zero-order valence-corrected chi connectivity index (χ0v) is 9.78. The van der Waals surface area contributed by atoms with Crippen LogP contribution in [0.15, 0.2) is 5.11 Å². The normalized spacial score (nSPS) is 59.9. The Morgan fingerprint density at radius 2 is 1.85 bits per heavy atom. The molecule has 1 heterocycles. The maximum Gasteiger partial charge on any atom is 0.386 e. The molecule has 7 fully saturated rings. The average Bonchev–Trinajstić information content (AvgIpc) is 2.62. The van der Waals surface area contributed by atoms with E-state index in [0.29, 0.717) is 16.8 Å². The number of hydrogen-bond acceptors (Lipinski definition) is 4. The molecule has 0 aromatic heterocycles. The van der Waals surface area contributed by atoms with Gasteiger partial charge in [-0.1, -0.05) is 0 Å². The van der Waals surface area contributed by atoms with Crippen LogP contribution in [0.5, 0.6) is 0 Å². The van der Waals surface area contributed by atoms with Crippen LogP contribution in [0, 0.1) is 45.6 Å². The molecule has 2 spiro atoms. The minimum absolute atomic E-state index is 0.181. The lowest BCUT2D eigenvalue weighted by Crippen LogP contribution is -3.18. The number of amides is 4. The third kappa shape index (κ3) is 0.418. The van der Waals surface area contributed by atoms with E-state index in [0.717, 1.165) is 4.90 Å². The summed E-state index contributed by atoms with van der Waals surface area (Å²) in [5, 5.41) is 14.2. The summed E-state index contributed by atoms with van der Waals surface area (Å²) >= 11 is 0. The van der Waals surface area contributed by atoms with E-state index in [2.05, 4.69) is 10.0 Å². The van der Waals surface area contributed by atoms with Crippen molar-refractivity contribution in [1.29, 1.82) is 0 Å². The number of rotatable bonds is 1. The molecule has 4 atom stereocenters. The van der Waals surface area contributed by atoms with Crippen LogP contribution in [-0.4, -0.2) is 38.1 Å². The van der Waals surface area contributed by atoms with Gasteiger partial charge in [0.05, 0.1) is 5.54 Å². The van der Waals surface area contributed by atoms with Gasteiger partial charge >= 0.3 is 12.1 Å². The van der Waals surface area contributed by atoms with Crippen LogP contribution in [0.3, 0.4) is 0 Å². The molecule has 0 N–H and O–H groups in total. The molecule has 7 rings (SSSR count). The van der Waals surface area contributed by atoms with E-state index >= 15 is 0 Å². The van der Waals surface area contributed by atoms with Gasteiger partial charge in [0.25, 0.3) is 0 Å². The van der Waals surface area contributed by atoms with E-state index in [4.69, 9.17) is 5.53 Å².